The van der Waals surface area contributed by atoms with Crippen molar-refractivity contribution in [1.29, 1.82) is 0 Å². The first-order valence-corrected chi connectivity index (χ1v) is 10.5. The lowest BCUT2D eigenvalue weighted by molar-refractivity contribution is 0.335. The summed E-state index contributed by atoms with van der Waals surface area (Å²) in [5.74, 6) is -0.284. The van der Waals surface area contributed by atoms with Crippen LogP contribution >= 0.6 is 11.3 Å². The summed E-state index contributed by atoms with van der Waals surface area (Å²) in [5.41, 5.74) is 0.135. The lowest BCUT2D eigenvalue weighted by atomic mass is 10.4. The van der Waals surface area contributed by atoms with Gasteiger partial charge in [0.2, 0.25) is 5.84 Å². The van der Waals surface area contributed by atoms with Crippen LogP contribution in [0.1, 0.15) is 20.8 Å². The van der Waals surface area contributed by atoms with Gasteiger partial charge < -0.3 is 15.2 Å². The van der Waals surface area contributed by atoms with E-state index in [1.54, 1.807) is 20.8 Å². The van der Waals surface area contributed by atoms with Crippen molar-refractivity contribution < 1.29 is 22.5 Å². The summed E-state index contributed by atoms with van der Waals surface area (Å²) in [6.45, 7) is 6.07. The summed E-state index contributed by atoms with van der Waals surface area (Å²) in [5, 5.41) is 14.4. The Hall–Kier alpha value is -1.50. The quantitative estimate of drug-likeness (QED) is 0.751. The fourth-order valence-electron chi connectivity index (χ4n) is 1.97. The predicted molar refractivity (Wildman–Crippen MR) is 94.4 cm³/mol. The van der Waals surface area contributed by atoms with Crippen LogP contribution in [0.5, 0.6) is 5.75 Å². The average Bonchev–Trinajstić information content (AvgIpc) is 3.05. The van der Waals surface area contributed by atoms with Gasteiger partial charge in [-0.15, -0.1) is 20.1 Å². The number of nitrogens with one attached hydrogen (secondary N) is 1. The van der Waals surface area contributed by atoms with Gasteiger partial charge in [-0.1, -0.05) is 13.8 Å². The zero-order valence-corrected chi connectivity index (χ0v) is 15.8. The van der Waals surface area contributed by atoms with E-state index in [2.05, 4.69) is 14.1 Å². The Kier molecular flexibility index (Phi) is 5.96. The van der Waals surface area contributed by atoms with Crippen LogP contribution in [0.3, 0.4) is 0 Å². The Labute approximate surface area is 146 Å². The van der Waals surface area contributed by atoms with Crippen molar-refractivity contribution in [1.82, 2.24) is 4.31 Å². The molecule has 9 nitrogen and oxygen atoms in total. The van der Waals surface area contributed by atoms with Crippen LogP contribution in [0.25, 0.3) is 0 Å². The highest BCUT2D eigenvalue weighted by atomic mass is 32.2. The molecule has 0 fully saturated rings. The Morgan fingerprint density at radius 1 is 1.33 bits per heavy atom. The standard InChI is InChI=1S/C12H18N4O5S3/c1-4-16(5-2)24(19,20)12-9(17)8(7-22-12)13-10-11(21-6-3)15-23(18)14-10/h7,17H,4-6H2,1-3H3,(H,13,14). The molecule has 0 saturated heterocycles. The highest BCUT2D eigenvalue weighted by Crippen LogP contribution is 2.39. The molecular weight excluding hydrogens is 376 g/mol. The Morgan fingerprint density at radius 3 is 2.58 bits per heavy atom. The number of ether oxygens (including phenoxy) is 1. The van der Waals surface area contributed by atoms with Gasteiger partial charge in [0.1, 0.15) is 0 Å². The molecule has 0 radical (unpaired) electrons. The number of thiophene rings is 1. The van der Waals surface area contributed by atoms with Gasteiger partial charge in [0.25, 0.3) is 27.1 Å². The van der Waals surface area contributed by atoms with Gasteiger partial charge in [0.05, 0.1) is 12.3 Å². The van der Waals surface area contributed by atoms with E-state index in [9.17, 15) is 17.7 Å². The molecule has 1 unspecified atom stereocenters. The maximum atomic E-state index is 12.5. The van der Waals surface area contributed by atoms with Crippen LogP contribution in [0.15, 0.2) is 18.4 Å². The van der Waals surface area contributed by atoms with Crippen LogP contribution in [-0.4, -0.2) is 53.5 Å². The van der Waals surface area contributed by atoms with Gasteiger partial charge >= 0.3 is 0 Å². The number of sulfonamides is 1. The average molecular weight is 395 g/mol. The Morgan fingerprint density at radius 2 is 2.00 bits per heavy atom. The van der Waals surface area contributed by atoms with E-state index < -0.39 is 26.9 Å². The fraction of sp³-hybridized carbons (Fsp3) is 0.500. The molecular formula is C12H18N4O5S3. The minimum absolute atomic E-state index is 0.0505. The summed E-state index contributed by atoms with van der Waals surface area (Å²) >= 11 is -0.914. The summed E-state index contributed by atoms with van der Waals surface area (Å²) in [4.78, 5) is 0. The van der Waals surface area contributed by atoms with E-state index >= 15 is 0 Å². The first kappa shape index (κ1) is 18.8. The van der Waals surface area contributed by atoms with Gasteiger partial charge in [-0.2, -0.15) is 4.31 Å². The highest BCUT2D eigenvalue weighted by molar-refractivity contribution is 7.91. The van der Waals surface area contributed by atoms with Crippen LogP contribution in [0.2, 0.25) is 0 Å². The van der Waals surface area contributed by atoms with Crippen molar-refractivity contribution in [2.45, 2.75) is 25.0 Å². The molecule has 134 valence electrons. The predicted octanol–water partition coefficient (Wildman–Crippen LogP) is 1.32. The third-order valence-electron chi connectivity index (χ3n) is 3.08. The second-order valence-corrected chi connectivity index (χ2v) is 8.34. The molecule has 1 aliphatic heterocycles. The van der Waals surface area contributed by atoms with Crippen LogP contribution in [-0.2, 0) is 25.9 Å². The molecule has 2 rings (SSSR count). The number of hydrogen-bond donors (Lipinski definition) is 2. The molecule has 0 aliphatic carbocycles. The van der Waals surface area contributed by atoms with Crippen molar-refractivity contribution in [2.75, 3.05) is 25.0 Å². The highest BCUT2D eigenvalue weighted by Gasteiger charge is 2.30. The SMILES string of the molecule is CCOC1=NS(=O)N=C1Nc1csc(S(=O)(=O)N(CC)CC)c1O. The minimum Gasteiger partial charge on any atom is -0.504 e. The van der Waals surface area contributed by atoms with E-state index in [4.69, 9.17) is 4.74 Å². The lowest BCUT2D eigenvalue weighted by Gasteiger charge is -2.17. The van der Waals surface area contributed by atoms with Gasteiger partial charge in [0, 0.05) is 18.5 Å². The largest absolute Gasteiger partial charge is 0.504 e. The number of hydrogen-bond acceptors (Lipinski definition) is 7. The molecule has 0 aromatic carbocycles. The van der Waals surface area contributed by atoms with Crippen molar-refractivity contribution >= 4 is 50.0 Å². The van der Waals surface area contributed by atoms with E-state index in [1.165, 1.54) is 9.69 Å². The Bertz CT molecular complexity index is 796. The maximum absolute atomic E-state index is 12.5. The first-order chi connectivity index (χ1) is 11.3. The third-order valence-corrected chi connectivity index (χ3v) is 7.28. The zero-order valence-electron chi connectivity index (χ0n) is 13.3. The van der Waals surface area contributed by atoms with Gasteiger partial charge in [-0.25, -0.2) is 12.6 Å². The molecule has 1 aromatic heterocycles. The zero-order chi connectivity index (χ0) is 17.9. The van der Waals surface area contributed by atoms with Crippen LogP contribution < -0.4 is 5.32 Å². The molecule has 24 heavy (non-hydrogen) atoms. The van der Waals surface area contributed by atoms with E-state index in [0.29, 0.717) is 19.7 Å². The Balaban J connectivity index is 2.30. The fourth-order valence-corrected chi connectivity index (χ4v) is 5.41. The van der Waals surface area contributed by atoms with E-state index in [0.717, 1.165) is 11.3 Å². The number of amidine groups is 1. The van der Waals surface area contributed by atoms with E-state index in [-0.39, 0.29) is 21.6 Å². The summed E-state index contributed by atoms with van der Waals surface area (Å²) < 4.78 is 50.1. The van der Waals surface area contributed by atoms with Crippen molar-refractivity contribution in [3.8, 4) is 5.75 Å². The van der Waals surface area contributed by atoms with Crippen molar-refractivity contribution in [3.05, 3.63) is 5.38 Å². The lowest BCUT2D eigenvalue weighted by Crippen LogP contribution is -2.30. The molecule has 0 spiro atoms. The topological polar surface area (TPSA) is 121 Å². The number of aromatic hydroxyl groups is 1. The molecule has 0 saturated carbocycles. The van der Waals surface area contributed by atoms with E-state index in [1.807, 2.05) is 0 Å². The second kappa shape index (κ2) is 7.59. The smallest absolute Gasteiger partial charge is 0.271 e. The first-order valence-electron chi connectivity index (χ1n) is 7.15. The third kappa shape index (κ3) is 3.61. The molecule has 2 heterocycles. The summed E-state index contributed by atoms with van der Waals surface area (Å²) in [6.07, 6.45) is 0. The molecule has 1 aromatic rings. The van der Waals surface area contributed by atoms with Crippen LogP contribution in [0, 0.1) is 0 Å². The maximum Gasteiger partial charge on any atom is 0.271 e. The number of nitrogens with zero attached hydrogens (tertiary/aromatic N) is 3. The molecule has 1 aliphatic rings. The second-order valence-electron chi connectivity index (χ2n) is 4.50. The van der Waals surface area contributed by atoms with Crippen LogP contribution in [0.4, 0.5) is 5.69 Å². The molecule has 1 atom stereocenters. The number of anilines is 1. The van der Waals surface area contributed by atoms with Gasteiger partial charge in [-0.3, -0.25) is 0 Å². The normalized spacial score (nSPS) is 17.8. The monoisotopic (exact) mass is 394 g/mol. The minimum atomic E-state index is -3.78. The van der Waals surface area contributed by atoms with Gasteiger partial charge in [0.15, 0.2) is 9.96 Å². The van der Waals surface area contributed by atoms with Crippen molar-refractivity contribution in [3.63, 3.8) is 0 Å². The number of rotatable bonds is 6. The van der Waals surface area contributed by atoms with Gasteiger partial charge in [-0.05, 0) is 6.92 Å². The van der Waals surface area contributed by atoms with Crippen molar-refractivity contribution in [2.24, 2.45) is 8.80 Å². The summed E-state index contributed by atoms with van der Waals surface area (Å²) in [6, 6.07) is 0. The summed E-state index contributed by atoms with van der Waals surface area (Å²) in [7, 11) is -3.78. The molecule has 0 amide bonds. The molecule has 2 N–H and O–H groups in total. The molecule has 12 heteroatoms. The molecule has 0 bridgehead atoms.